The summed E-state index contributed by atoms with van der Waals surface area (Å²) in [5.41, 5.74) is 0.632. The van der Waals surface area contributed by atoms with Crippen molar-refractivity contribution in [3.8, 4) is 23.0 Å². The summed E-state index contributed by atoms with van der Waals surface area (Å²) in [6.07, 6.45) is 1.66. The molecule has 0 amide bonds. The van der Waals surface area contributed by atoms with Crippen molar-refractivity contribution in [2.24, 2.45) is 0 Å². The number of pyridine rings is 1. The van der Waals surface area contributed by atoms with Crippen LogP contribution in [0.2, 0.25) is 0 Å². The van der Waals surface area contributed by atoms with E-state index in [1.54, 1.807) is 50.7 Å². The molecule has 1 heterocycles. The van der Waals surface area contributed by atoms with E-state index in [0.29, 0.717) is 35.1 Å². The van der Waals surface area contributed by atoms with E-state index in [1.807, 2.05) is 6.92 Å². The fourth-order valence-electron chi connectivity index (χ4n) is 1.83. The number of ether oxygens (including phenoxy) is 3. The van der Waals surface area contributed by atoms with Crippen molar-refractivity contribution in [2.75, 3.05) is 14.2 Å². The monoisotopic (exact) mass is 289 g/mol. The van der Waals surface area contributed by atoms with Gasteiger partial charge in [0.1, 0.15) is 23.0 Å². The van der Waals surface area contributed by atoms with Gasteiger partial charge in [-0.25, -0.2) is 0 Å². The molecule has 0 aliphatic heterocycles. The largest absolute Gasteiger partial charge is 0.496 e. The van der Waals surface area contributed by atoms with E-state index in [0.717, 1.165) is 0 Å². The van der Waals surface area contributed by atoms with Crippen molar-refractivity contribution in [3.05, 3.63) is 42.2 Å². The smallest absolute Gasteiger partial charge is 0.145 e. The molecule has 5 heteroatoms. The lowest BCUT2D eigenvalue weighted by Crippen LogP contribution is -1.98. The third-order valence-electron chi connectivity index (χ3n) is 3.05. The van der Waals surface area contributed by atoms with Crippen molar-refractivity contribution in [2.45, 2.75) is 19.4 Å². The zero-order chi connectivity index (χ0) is 15.2. The highest BCUT2D eigenvalue weighted by atomic mass is 16.5. The lowest BCUT2D eigenvalue weighted by molar-refractivity contribution is 0.169. The Morgan fingerprint density at radius 3 is 2.10 bits per heavy atom. The van der Waals surface area contributed by atoms with Gasteiger partial charge < -0.3 is 19.3 Å². The van der Waals surface area contributed by atoms with Crippen LogP contribution in [0.1, 0.15) is 25.1 Å². The highest BCUT2D eigenvalue weighted by Gasteiger charge is 2.08. The molecule has 112 valence electrons. The second kappa shape index (κ2) is 6.95. The number of nitrogens with zero attached hydrogens (tertiary/aromatic N) is 1. The van der Waals surface area contributed by atoms with Gasteiger partial charge in [0.25, 0.3) is 0 Å². The maximum absolute atomic E-state index is 9.71. The molecule has 0 radical (unpaired) electrons. The molecule has 1 N–H and O–H groups in total. The van der Waals surface area contributed by atoms with Crippen LogP contribution >= 0.6 is 0 Å². The van der Waals surface area contributed by atoms with Crippen LogP contribution < -0.4 is 14.2 Å². The maximum Gasteiger partial charge on any atom is 0.145 e. The van der Waals surface area contributed by atoms with Gasteiger partial charge in [0.2, 0.25) is 0 Å². The lowest BCUT2D eigenvalue weighted by Gasteiger charge is -2.11. The van der Waals surface area contributed by atoms with Crippen LogP contribution in [0.3, 0.4) is 0 Å². The zero-order valence-electron chi connectivity index (χ0n) is 12.4. The quantitative estimate of drug-likeness (QED) is 0.883. The zero-order valence-corrected chi connectivity index (χ0v) is 12.4. The predicted molar refractivity (Wildman–Crippen MR) is 79.1 cm³/mol. The Labute approximate surface area is 124 Å². The predicted octanol–water partition coefficient (Wildman–Crippen LogP) is 3.33. The van der Waals surface area contributed by atoms with Gasteiger partial charge in [-0.3, -0.25) is 4.98 Å². The number of aliphatic hydroxyl groups excluding tert-OH is 1. The van der Waals surface area contributed by atoms with Gasteiger partial charge in [-0.05, 0) is 18.6 Å². The van der Waals surface area contributed by atoms with Crippen molar-refractivity contribution >= 4 is 0 Å². The van der Waals surface area contributed by atoms with E-state index in [2.05, 4.69) is 4.98 Å². The van der Waals surface area contributed by atoms with E-state index in [1.165, 1.54) is 0 Å². The molecule has 5 nitrogen and oxygen atoms in total. The van der Waals surface area contributed by atoms with E-state index < -0.39 is 6.10 Å². The first-order chi connectivity index (χ1) is 10.2. The SMILES string of the molecule is CCC(O)c1ccc(Oc2cc(OC)cc(OC)c2)cn1. The second-order valence-electron chi connectivity index (χ2n) is 4.49. The Kier molecular flexibility index (Phi) is 5.00. The number of methoxy groups -OCH3 is 2. The molecule has 0 fully saturated rings. The fraction of sp³-hybridized carbons (Fsp3) is 0.312. The number of hydrogen-bond acceptors (Lipinski definition) is 5. The van der Waals surface area contributed by atoms with Crippen molar-refractivity contribution < 1.29 is 19.3 Å². The summed E-state index contributed by atoms with van der Waals surface area (Å²) < 4.78 is 16.1. The Hall–Kier alpha value is -2.27. The van der Waals surface area contributed by atoms with Crippen LogP contribution in [-0.4, -0.2) is 24.3 Å². The maximum atomic E-state index is 9.71. The molecular weight excluding hydrogens is 270 g/mol. The van der Waals surface area contributed by atoms with Crippen molar-refractivity contribution in [1.82, 2.24) is 4.98 Å². The van der Waals surface area contributed by atoms with Crippen LogP contribution in [0, 0.1) is 0 Å². The summed E-state index contributed by atoms with van der Waals surface area (Å²) in [6, 6.07) is 8.81. The summed E-state index contributed by atoms with van der Waals surface area (Å²) in [5, 5.41) is 9.71. The molecule has 1 atom stereocenters. The fourth-order valence-corrected chi connectivity index (χ4v) is 1.83. The third kappa shape index (κ3) is 3.86. The Balaban J connectivity index is 2.17. The molecule has 2 aromatic rings. The van der Waals surface area contributed by atoms with E-state index in [9.17, 15) is 5.11 Å². The number of aromatic nitrogens is 1. The summed E-state index contributed by atoms with van der Waals surface area (Å²) in [5.74, 6) is 2.47. The van der Waals surface area contributed by atoms with Crippen molar-refractivity contribution in [1.29, 1.82) is 0 Å². The highest BCUT2D eigenvalue weighted by Crippen LogP contribution is 2.30. The minimum absolute atomic E-state index is 0.545. The number of hydrogen-bond donors (Lipinski definition) is 1. The molecule has 1 aromatic carbocycles. The van der Waals surface area contributed by atoms with Gasteiger partial charge in [0.15, 0.2) is 0 Å². The van der Waals surface area contributed by atoms with Crippen LogP contribution in [0.15, 0.2) is 36.5 Å². The third-order valence-corrected chi connectivity index (χ3v) is 3.05. The van der Waals surface area contributed by atoms with Gasteiger partial charge in [-0.1, -0.05) is 6.92 Å². The Morgan fingerprint density at radius 2 is 1.62 bits per heavy atom. The standard InChI is InChI=1S/C16H19NO4/c1-4-16(18)15-6-5-11(10-17-15)21-14-8-12(19-2)7-13(9-14)20-3/h5-10,16,18H,4H2,1-3H3. The van der Waals surface area contributed by atoms with Gasteiger partial charge in [0, 0.05) is 18.2 Å². The summed E-state index contributed by atoms with van der Waals surface area (Å²) in [4.78, 5) is 4.19. The van der Waals surface area contributed by atoms with Gasteiger partial charge in [-0.15, -0.1) is 0 Å². The van der Waals surface area contributed by atoms with E-state index >= 15 is 0 Å². The second-order valence-corrected chi connectivity index (χ2v) is 4.49. The molecule has 0 spiro atoms. The Morgan fingerprint density at radius 1 is 1.00 bits per heavy atom. The first-order valence-corrected chi connectivity index (χ1v) is 6.71. The topological polar surface area (TPSA) is 60.8 Å². The Bertz CT molecular complexity index is 561. The average Bonchev–Trinajstić information content (AvgIpc) is 2.54. The first kappa shape index (κ1) is 15.1. The number of benzene rings is 1. The number of rotatable bonds is 6. The van der Waals surface area contributed by atoms with Crippen LogP contribution in [0.5, 0.6) is 23.0 Å². The molecule has 0 saturated carbocycles. The van der Waals surface area contributed by atoms with E-state index in [4.69, 9.17) is 14.2 Å². The summed E-state index contributed by atoms with van der Waals surface area (Å²) in [7, 11) is 3.17. The van der Waals surface area contributed by atoms with E-state index in [-0.39, 0.29) is 0 Å². The molecule has 0 aliphatic rings. The molecule has 21 heavy (non-hydrogen) atoms. The lowest BCUT2D eigenvalue weighted by atomic mass is 10.2. The normalized spacial score (nSPS) is 11.8. The van der Waals surface area contributed by atoms with Gasteiger partial charge in [0.05, 0.1) is 32.2 Å². The molecule has 0 bridgehead atoms. The molecule has 0 saturated heterocycles. The molecule has 1 unspecified atom stereocenters. The van der Waals surface area contributed by atoms with Gasteiger partial charge in [-0.2, -0.15) is 0 Å². The van der Waals surface area contributed by atoms with Gasteiger partial charge >= 0.3 is 0 Å². The molecule has 0 aliphatic carbocycles. The minimum atomic E-state index is -0.545. The molecule has 2 rings (SSSR count). The first-order valence-electron chi connectivity index (χ1n) is 6.71. The molecular formula is C16H19NO4. The molecule has 1 aromatic heterocycles. The highest BCUT2D eigenvalue weighted by molar-refractivity contribution is 5.43. The van der Waals surface area contributed by atoms with Crippen LogP contribution in [0.4, 0.5) is 0 Å². The number of aliphatic hydroxyl groups is 1. The summed E-state index contributed by atoms with van der Waals surface area (Å²) >= 11 is 0. The minimum Gasteiger partial charge on any atom is -0.496 e. The average molecular weight is 289 g/mol. The van der Waals surface area contributed by atoms with Crippen LogP contribution in [0.25, 0.3) is 0 Å². The van der Waals surface area contributed by atoms with Crippen LogP contribution in [-0.2, 0) is 0 Å². The summed E-state index contributed by atoms with van der Waals surface area (Å²) in [6.45, 7) is 1.90. The van der Waals surface area contributed by atoms with Crippen molar-refractivity contribution in [3.63, 3.8) is 0 Å².